The third-order valence-electron chi connectivity index (χ3n) is 2.71. The number of amides is 2. The Bertz CT molecular complexity index is 774. The number of rotatable bonds is 5. The van der Waals surface area contributed by atoms with Crippen molar-refractivity contribution in [2.24, 2.45) is 5.73 Å². The Morgan fingerprint density at radius 1 is 1.22 bits per heavy atom. The zero-order valence-electron chi connectivity index (χ0n) is 12.0. The van der Waals surface area contributed by atoms with E-state index in [1.165, 1.54) is 0 Å². The molecule has 0 spiro atoms. The van der Waals surface area contributed by atoms with E-state index in [0.717, 1.165) is 0 Å². The van der Waals surface area contributed by atoms with Gasteiger partial charge in [0.05, 0.1) is 12.1 Å². The molecular weight excluding hydrogens is 364 g/mol. The quantitative estimate of drug-likeness (QED) is 0.779. The first-order valence-electron chi connectivity index (χ1n) is 6.59. The molecule has 23 heavy (non-hydrogen) atoms. The smallest absolute Gasteiger partial charge is 0.287 e. The molecule has 6 nitrogen and oxygen atoms in total. The van der Waals surface area contributed by atoms with Crippen molar-refractivity contribution in [1.82, 2.24) is 5.32 Å². The molecule has 7 heteroatoms. The number of primary amides is 1. The molecule has 118 valence electrons. The molecule has 0 saturated carbocycles. The number of carbonyl (C=O) groups is 2. The number of hydrogen-bond acceptors (Lipinski definition) is 4. The number of hydrogen-bond donors (Lipinski definition) is 2. The number of nitrogens with one attached hydrogen (secondary N) is 1. The first-order chi connectivity index (χ1) is 11.1. The molecule has 0 bridgehead atoms. The van der Waals surface area contributed by atoms with Crippen molar-refractivity contribution in [3.63, 3.8) is 0 Å². The van der Waals surface area contributed by atoms with Crippen molar-refractivity contribution in [1.29, 1.82) is 0 Å². The highest BCUT2D eigenvalue weighted by molar-refractivity contribution is 9.10. The molecule has 0 aliphatic rings. The fraction of sp³-hybridized carbons (Fsp3) is 0.125. The van der Waals surface area contributed by atoms with Crippen LogP contribution in [0.15, 0.2) is 45.5 Å². The Morgan fingerprint density at radius 3 is 2.70 bits per heavy atom. The van der Waals surface area contributed by atoms with Crippen LogP contribution in [-0.4, -0.2) is 25.0 Å². The van der Waals surface area contributed by atoms with Gasteiger partial charge in [-0.05, 0) is 40.2 Å². The van der Waals surface area contributed by atoms with E-state index in [4.69, 9.17) is 14.9 Å². The lowest BCUT2D eigenvalue weighted by molar-refractivity contribution is 0.0929. The monoisotopic (exact) mass is 376 g/mol. The summed E-state index contributed by atoms with van der Waals surface area (Å²) < 4.78 is 11.0. The van der Waals surface area contributed by atoms with Crippen LogP contribution in [0.25, 0.3) is 0 Å². The summed E-state index contributed by atoms with van der Waals surface area (Å²) in [6.07, 6.45) is 0. The maximum Gasteiger partial charge on any atom is 0.287 e. The molecule has 3 N–H and O–H groups in total. The molecule has 0 atom stereocenters. The van der Waals surface area contributed by atoms with Gasteiger partial charge in [-0.1, -0.05) is 24.0 Å². The van der Waals surface area contributed by atoms with E-state index in [9.17, 15) is 9.59 Å². The Balaban J connectivity index is 1.79. The minimum atomic E-state index is -0.564. The predicted molar refractivity (Wildman–Crippen MR) is 87.0 cm³/mol. The first-order valence-corrected chi connectivity index (χ1v) is 7.38. The van der Waals surface area contributed by atoms with Gasteiger partial charge >= 0.3 is 0 Å². The number of carbonyl (C=O) groups excluding carboxylic acids is 2. The van der Waals surface area contributed by atoms with Crippen LogP contribution in [0.5, 0.6) is 5.75 Å². The van der Waals surface area contributed by atoms with E-state index in [-0.39, 0.29) is 24.8 Å². The molecule has 2 amide bonds. The molecular formula is C16H13BrN2O4. The van der Waals surface area contributed by atoms with Crippen molar-refractivity contribution in [2.75, 3.05) is 13.2 Å². The van der Waals surface area contributed by atoms with Crippen LogP contribution in [0, 0.1) is 11.8 Å². The minimum Gasteiger partial charge on any atom is -0.480 e. The average Bonchev–Trinajstić information content (AvgIpc) is 2.97. The highest BCUT2D eigenvalue weighted by Crippen LogP contribution is 2.16. The molecule has 0 fully saturated rings. The molecule has 1 aromatic heterocycles. The summed E-state index contributed by atoms with van der Waals surface area (Å²) in [5.74, 6) is 5.12. The number of ether oxygens (including phenoxy) is 1. The van der Waals surface area contributed by atoms with Crippen molar-refractivity contribution in [3.05, 3.63) is 52.4 Å². The summed E-state index contributed by atoms with van der Waals surface area (Å²) in [5.41, 5.74) is 5.54. The largest absolute Gasteiger partial charge is 0.480 e. The summed E-state index contributed by atoms with van der Waals surface area (Å²) >= 11 is 3.12. The predicted octanol–water partition coefficient (Wildman–Crippen LogP) is 1.95. The number of benzene rings is 1. The lowest BCUT2D eigenvalue weighted by atomic mass is 10.2. The number of halogens is 1. The Hall–Kier alpha value is -2.72. The van der Waals surface area contributed by atoms with Crippen molar-refractivity contribution in [2.45, 2.75) is 0 Å². The van der Waals surface area contributed by atoms with Crippen LogP contribution in [0.1, 0.15) is 20.9 Å². The number of furan rings is 1. The zero-order valence-corrected chi connectivity index (χ0v) is 13.6. The fourth-order valence-electron chi connectivity index (χ4n) is 1.67. The average molecular weight is 377 g/mol. The SMILES string of the molecule is NC(=O)c1ccccc1OCC#CCNC(=O)c1ccc(Br)o1. The Labute approximate surface area is 141 Å². The van der Waals surface area contributed by atoms with Crippen molar-refractivity contribution >= 4 is 27.7 Å². The van der Waals surface area contributed by atoms with Gasteiger partial charge in [0.1, 0.15) is 12.4 Å². The zero-order chi connectivity index (χ0) is 16.7. The summed E-state index contributed by atoms with van der Waals surface area (Å²) in [6, 6.07) is 9.82. The van der Waals surface area contributed by atoms with Crippen LogP contribution in [0.4, 0.5) is 0 Å². The normalized spacial score (nSPS) is 9.61. The summed E-state index contributed by atoms with van der Waals surface area (Å²) in [7, 11) is 0. The second kappa shape index (κ2) is 8.06. The van der Waals surface area contributed by atoms with Gasteiger partial charge in [0.2, 0.25) is 0 Å². The highest BCUT2D eigenvalue weighted by atomic mass is 79.9. The van der Waals surface area contributed by atoms with E-state index >= 15 is 0 Å². The van der Waals surface area contributed by atoms with Crippen LogP contribution >= 0.6 is 15.9 Å². The molecule has 1 aromatic carbocycles. The van der Waals surface area contributed by atoms with Gasteiger partial charge in [-0.3, -0.25) is 9.59 Å². The Kier molecular flexibility index (Phi) is 5.83. The van der Waals surface area contributed by atoms with Crippen molar-refractivity contribution in [3.8, 4) is 17.6 Å². The summed E-state index contributed by atoms with van der Waals surface area (Å²) in [4.78, 5) is 22.9. The fourth-order valence-corrected chi connectivity index (χ4v) is 1.98. The molecule has 2 rings (SSSR count). The first kappa shape index (κ1) is 16.6. The lowest BCUT2D eigenvalue weighted by Crippen LogP contribution is -2.23. The van der Waals surface area contributed by atoms with E-state index in [0.29, 0.717) is 16.0 Å². The molecule has 0 unspecified atom stereocenters. The minimum absolute atomic E-state index is 0.0759. The third kappa shape index (κ3) is 4.90. The van der Waals surface area contributed by atoms with Crippen LogP contribution in [-0.2, 0) is 0 Å². The molecule has 0 radical (unpaired) electrons. The number of nitrogens with two attached hydrogens (primary N) is 1. The van der Waals surface area contributed by atoms with E-state index in [2.05, 4.69) is 33.1 Å². The highest BCUT2D eigenvalue weighted by Gasteiger charge is 2.08. The molecule has 0 saturated heterocycles. The van der Waals surface area contributed by atoms with Gasteiger partial charge in [-0.25, -0.2) is 0 Å². The maximum absolute atomic E-state index is 11.7. The maximum atomic E-state index is 11.7. The van der Waals surface area contributed by atoms with Crippen LogP contribution in [0.2, 0.25) is 0 Å². The summed E-state index contributed by atoms with van der Waals surface area (Å²) in [6.45, 7) is 0.227. The van der Waals surface area contributed by atoms with Gasteiger partial charge in [0.15, 0.2) is 10.4 Å². The van der Waals surface area contributed by atoms with Gasteiger partial charge in [-0.2, -0.15) is 0 Å². The lowest BCUT2D eigenvalue weighted by Gasteiger charge is -2.05. The van der Waals surface area contributed by atoms with Gasteiger partial charge in [-0.15, -0.1) is 0 Å². The summed E-state index contributed by atoms with van der Waals surface area (Å²) in [5, 5.41) is 2.58. The number of para-hydroxylation sites is 1. The van der Waals surface area contributed by atoms with Crippen LogP contribution in [0.3, 0.4) is 0 Å². The molecule has 0 aliphatic carbocycles. The molecule has 1 heterocycles. The second-order valence-corrected chi connectivity index (χ2v) is 5.07. The molecule has 0 aliphatic heterocycles. The van der Waals surface area contributed by atoms with Gasteiger partial charge in [0, 0.05) is 0 Å². The molecule has 2 aromatic rings. The van der Waals surface area contributed by atoms with Crippen molar-refractivity contribution < 1.29 is 18.7 Å². The van der Waals surface area contributed by atoms with E-state index in [1.54, 1.807) is 36.4 Å². The van der Waals surface area contributed by atoms with E-state index < -0.39 is 5.91 Å². The van der Waals surface area contributed by atoms with Crippen LogP contribution < -0.4 is 15.8 Å². The third-order valence-corrected chi connectivity index (χ3v) is 3.14. The van der Waals surface area contributed by atoms with E-state index in [1.807, 2.05) is 0 Å². The van der Waals surface area contributed by atoms with Gasteiger partial charge < -0.3 is 20.2 Å². The Morgan fingerprint density at radius 2 is 2.00 bits per heavy atom. The van der Waals surface area contributed by atoms with Gasteiger partial charge in [0.25, 0.3) is 11.8 Å². The topological polar surface area (TPSA) is 94.6 Å². The second-order valence-electron chi connectivity index (χ2n) is 4.29. The standard InChI is InChI=1S/C16H13BrN2O4/c17-14-8-7-13(23-14)16(21)19-9-3-4-10-22-12-6-2-1-5-11(12)15(18)20/h1-2,5-8H,9-10H2,(H2,18,20)(H,19,21).